The topological polar surface area (TPSA) is 83.1 Å². The third-order valence-corrected chi connectivity index (χ3v) is 4.19. The number of carbonyl (C=O) groups is 2. The van der Waals surface area contributed by atoms with E-state index >= 15 is 0 Å². The summed E-state index contributed by atoms with van der Waals surface area (Å²) in [4.78, 5) is 23.9. The monoisotopic (exact) mass is 376 g/mol. The molecule has 0 radical (unpaired) electrons. The molecule has 28 heavy (non-hydrogen) atoms. The van der Waals surface area contributed by atoms with Crippen molar-refractivity contribution in [3.05, 3.63) is 71.5 Å². The zero-order valence-electron chi connectivity index (χ0n) is 15.8. The van der Waals surface area contributed by atoms with Gasteiger partial charge in [-0.25, -0.2) is 4.79 Å². The minimum absolute atomic E-state index is 0.103. The van der Waals surface area contributed by atoms with E-state index in [4.69, 9.17) is 9.52 Å². The molecule has 1 aliphatic heterocycles. The second-order valence-electron chi connectivity index (χ2n) is 5.93. The van der Waals surface area contributed by atoms with Gasteiger partial charge in [-0.05, 0) is 55.0 Å². The van der Waals surface area contributed by atoms with Crippen molar-refractivity contribution >= 4 is 40.3 Å². The molecule has 1 aromatic heterocycles. The number of furan rings is 1. The van der Waals surface area contributed by atoms with Gasteiger partial charge >= 0.3 is 5.97 Å². The molecular formula is C22H20N2O4. The van der Waals surface area contributed by atoms with Crippen LogP contribution in [-0.4, -0.2) is 22.7 Å². The summed E-state index contributed by atoms with van der Waals surface area (Å²) in [5.74, 6) is -1.35. The van der Waals surface area contributed by atoms with Crippen molar-refractivity contribution in [3.63, 3.8) is 0 Å². The van der Waals surface area contributed by atoms with Crippen molar-refractivity contribution in [2.75, 3.05) is 5.01 Å². The summed E-state index contributed by atoms with van der Waals surface area (Å²) >= 11 is 0. The molecule has 0 atom stereocenters. The van der Waals surface area contributed by atoms with Crippen LogP contribution in [0.4, 0.5) is 5.69 Å². The van der Waals surface area contributed by atoms with Gasteiger partial charge in [-0.15, -0.1) is 0 Å². The SMILES string of the molecule is CC.CC1=NN(c2cccc(C(=O)O)c2)C(=O)/C1=C\c1ccc2occc2c1. The smallest absolute Gasteiger partial charge is 0.335 e. The van der Waals surface area contributed by atoms with Crippen LogP contribution in [0.3, 0.4) is 0 Å². The maximum Gasteiger partial charge on any atom is 0.335 e. The van der Waals surface area contributed by atoms with Gasteiger partial charge in [0.2, 0.25) is 0 Å². The third kappa shape index (κ3) is 3.57. The predicted octanol–water partition coefficient (Wildman–Crippen LogP) is 4.96. The number of nitrogens with zero attached hydrogens (tertiary/aromatic N) is 2. The molecule has 0 fully saturated rings. The van der Waals surface area contributed by atoms with Gasteiger partial charge in [0, 0.05) is 5.39 Å². The first-order valence-corrected chi connectivity index (χ1v) is 8.95. The number of rotatable bonds is 3. The van der Waals surface area contributed by atoms with E-state index in [0.717, 1.165) is 16.5 Å². The van der Waals surface area contributed by atoms with E-state index in [2.05, 4.69) is 5.10 Å². The molecule has 3 aromatic rings. The number of carboxylic acid groups (broad SMARTS) is 1. The molecular weight excluding hydrogens is 356 g/mol. The van der Waals surface area contributed by atoms with Gasteiger partial charge in [0.1, 0.15) is 5.58 Å². The highest BCUT2D eigenvalue weighted by molar-refractivity contribution is 6.32. The second kappa shape index (κ2) is 7.92. The highest BCUT2D eigenvalue weighted by atomic mass is 16.4. The lowest BCUT2D eigenvalue weighted by Gasteiger charge is -2.12. The average molecular weight is 376 g/mol. The van der Waals surface area contributed by atoms with Crippen LogP contribution in [0.25, 0.3) is 17.0 Å². The highest BCUT2D eigenvalue weighted by Gasteiger charge is 2.29. The minimum atomic E-state index is -1.05. The quantitative estimate of drug-likeness (QED) is 0.655. The molecule has 0 saturated carbocycles. The molecule has 0 spiro atoms. The first-order valence-electron chi connectivity index (χ1n) is 8.95. The molecule has 6 nitrogen and oxygen atoms in total. The summed E-state index contributed by atoms with van der Waals surface area (Å²) in [6.45, 7) is 5.75. The largest absolute Gasteiger partial charge is 0.478 e. The Balaban J connectivity index is 0.00000109. The van der Waals surface area contributed by atoms with Gasteiger partial charge in [0.15, 0.2) is 0 Å². The summed E-state index contributed by atoms with van der Waals surface area (Å²) in [5.41, 5.74) is 3.20. The zero-order valence-corrected chi connectivity index (χ0v) is 15.8. The molecule has 142 valence electrons. The van der Waals surface area contributed by atoms with E-state index in [1.807, 2.05) is 38.1 Å². The Morgan fingerprint density at radius 1 is 1.14 bits per heavy atom. The van der Waals surface area contributed by atoms with Crippen molar-refractivity contribution in [2.45, 2.75) is 20.8 Å². The molecule has 2 aromatic carbocycles. The molecule has 1 N–H and O–H groups in total. The van der Waals surface area contributed by atoms with E-state index in [-0.39, 0.29) is 11.5 Å². The number of hydrogen-bond donors (Lipinski definition) is 1. The zero-order chi connectivity index (χ0) is 20.3. The molecule has 0 aliphatic carbocycles. The molecule has 0 unspecified atom stereocenters. The van der Waals surface area contributed by atoms with Crippen LogP contribution in [0.2, 0.25) is 0 Å². The Kier molecular flexibility index (Phi) is 5.40. The fourth-order valence-electron chi connectivity index (χ4n) is 2.87. The number of carbonyl (C=O) groups excluding carboxylic acids is 1. The van der Waals surface area contributed by atoms with Crippen molar-refractivity contribution < 1.29 is 19.1 Å². The first kappa shape index (κ1) is 19.1. The number of benzene rings is 2. The van der Waals surface area contributed by atoms with Gasteiger partial charge in [0.05, 0.1) is 28.8 Å². The van der Waals surface area contributed by atoms with E-state index in [1.165, 1.54) is 17.1 Å². The number of amides is 1. The molecule has 2 heterocycles. The summed E-state index contributed by atoms with van der Waals surface area (Å²) in [5, 5.41) is 15.6. The van der Waals surface area contributed by atoms with Crippen LogP contribution in [0.15, 0.2) is 69.9 Å². The van der Waals surface area contributed by atoms with Gasteiger partial charge in [0.25, 0.3) is 5.91 Å². The van der Waals surface area contributed by atoms with Crippen LogP contribution in [-0.2, 0) is 4.79 Å². The first-order chi connectivity index (χ1) is 13.5. The predicted molar refractivity (Wildman–Crippen MR) is 110 cm³/mol. The van der Waals surface area contributed by atoms with E-state index in [0.29, 0.717) is 17.0 Å². The van der Waals surface area contributed by atoms with Crippen LogP contribution in [0.5, 0.6) is 0 Å². The molecule has 0 saturated heterocycles. The lowest BCUT2D eigenvalue weighted by Crippen LogP contribution is -2.21. The fraction of sp³-hybridized carbons (Fsp3) is 0.136. The summed E-state index contributed by atoms with van der Waals surface area (Å²) < 4.78 is 5.32. The van der Waals surface area contributed by atoms with Crippen LogP contribution >= 0.6 is 0 Å². The van der Waals surface area contributed by atoms with Crippen LogP contribution < -0.4 is 5.01 Å². The van der Waals surface area contributed by atoms with Gasteiger partial charge < -0.3 is 9.52 Å². The number of aromatic carboxylic acids is 1. The average Bonchev–Trinajstić information content (AvgIpc) is 3.29. The molecule has 1 aliphatic rings. The molecule has 4 rings (SSSR count). The van der Waals surface area contributed by atoms with Crippen molar-refractivity contribution in [2.24, 2.45) is 5.10 Å². The minimum Gasteiger partial charge on any atom is -0.478 e. The molecule has 0 bridgehead atoms. The van der Waals surface area contributed by atoms with Crippen LogP contribution in [0.1, 0.15) is 36.7 Å². The lowest BCUT2D eigenvalue weighted by molar-refractivity contribution is -0.114. The maximum atomic E-state index is 12.8. The summed E-state index contributed by atoms with van der Waals surface area (Å²) in [7, 11) is 0. The number of fused-ring (bicyclic) bond motifs is 1. The van der Waals surface area contributed by atoms with E-state index in [1.54, 1.807) is 31.4 Å². The second-order valence-corrected chi connectivity index (χ2v) is 5.93. The Morgan fingerprint density at radius 3 is 2.68 bits per heavy atom. The highest BCUT2D eigenvalue weighted by Crippen LogP contribution is 2.26. The molecule has 1 amide bonds. The van der Waals surface area contributed by atoms with Crippen molar-refractivity contribution in [3.8, 4) is 0 Å². The number of hydrogen-bond acceptors (Lipinski definition) is 4. The van der Waals surface area contributed by atoms with E-state index < -0.39 is 5.97 Å². The standard InChI is InChI=1S/C20H14N2O4.C2H6/c1-12-17(10-13-5-6-18-14(9-13)7-8-26-18)19(23)22(21-12)16-4-2-3-15(11-16)20(24)25;1-2/h2-11H,1H3,(H,24,25);1-2H3/b17-10-;. The van der Waals surface area contributed by atoms with Crippen molar-refractivity contribution in [1.82, 2.24) is 0 Å². The maximum absolute atomic E-state index is 12.8. The number of carboxylic acids is 1. The summed E-state index contributed by atoms with van der Waals surface area (Å²) in [6.07, 6.45) is 3.39. The Morgan fingerprint density at radius 2 is 1.93 bits per heavy atom. The van der Waals surface area contributed by atoms with Gasteiger partial charge in [-0.1, -0.05) is 26.0 Å². The van der Waals surface area contributed by atoms with Crippen molar-refractivity contribution in [1.29, 1.82) is 0 Å². The van der Waals surface area contributed by atoms with Gasteiger partial charge in [-0.3, -0.25) is 4.79 Å². The van der Waals surface area contributed by atoms with Gasteiger partial charge in [-0.2, -0.15) is 10.1 Å². The summed E-state index contributed by atoms with van der Waals surface area (Å²) in [6, 6.07) is 13.7. The number of hydrazone groups is 1. The van der Waals surface area contributed by atoms with E-state index in [9.17, 15) is 9.59 Å². The Hall–Kier alpha value is -3.67. The third-order valence-electron chi connectivity index (χ3n) is 4.19. The van der Waals surface area contributed by atoms with Crippen LogP contribution in [0, 0.1) is 0 Å². The molecule has 6 heteroatoms. The lowest BCUT2D eigenvalue weighted by atomic mass is 10.1. The Labute approximate surface area is 162 Å². The normalized spacial score (nSPS) is 14.8. The fourth-order valence-corrected chi connectivity index (χ4v) is 2.87. The Bertz CT molecular complexity index is 1110. The number of anilines is 1.